The van der Waals surface area contributed by atoms with Crippen molar-refractivity contribution in [3.8, 4) is 0 Å². The van der Waals surface area contributed by atoms with Gasteiger partial charge >= 0.3 is 0 Å². The van der Waals surface area contributed by atoms with E-state index in [-0.39, 0.29) is 10.8 Å². The summed E-state index contributed by atoms with van der Waals surface area (Å²) < 4.78 is 23.8. The number of nitrogens with one attached hydrogen (secondary N) is 1. The van der Waals surface area contributed by atoms with E-state index in [0.717, 1.165) is 23.4 Å². The van der Waals surface area contributed by atoms with Crippen molar-refractivity contribution in [2.75, 3.05) is 18.1 Å². The molecular formula is C19H21N3O5S. The SMILES string of the molecule is Cc1ccc(CN2CCC(Nc3ccc([N+](=O)[O-])c(S(C)(=O)=O)c3)C2=O)cc1. The van der Waals surface area contributed by atoms with Crippen LogP contribution in [0.3, 0.4) is 0 Å². The molecule has 8 nitrogen and oxygen atoms in total. The Kier molecular flexibility index (Phi) is 5.37. The second-order valence-electron chi connectivity index (χ2n) is 6.94. The van der Waals surface area contributed by atoms with Crippen LogP contribution in [0.2, 0.25) is 0 Å². The fourth-order valence-corrected chi connectivity index (χ4v) is 4.06. The van der Waals surface area contributed by atoms with E-state index in [1.54, 1.807) is 4.90 Å². The number of hydrogen-bond donors (Lipinski definition) is 1. The summed E-state index contributed by atoms with van der Waals surface area (Å²) in [5, 5.41) is 14.1. The van der Waals surface area contributed by atoms with E-state index in [0.29, 0.717) is 25.2 Å². The first-order valence-corrected chi connectivity index (χ1v) is 10.6. The summed E-state index contributed by atoms with van der Waals surface area (Å²) in [6, 6.07) is 11.2. The predicted octanol–water partition coefficient (Wildman–Crippen LogP) is 2.52. The summed E-state index contributed by atoms with van der Waals surface area (Å²) in [7, 11) is -3.78. The van der Waals surface area contributed by atoms with Crippen LogP contribution in [0.15, 0.2) is 47.4 Å². The van der Waals surface area contributed by atoms with Gasteiger partial charge in [-0.2, -0.15) is 0 Å². The van der Waals surface area contributed by atoms with E-state index in [4.69, 9.17) is 0 Å². The topological polar surface area (TPSA) is 110 Å². The lowest BCUT2D eigenvalue weighted by molar-refractivity contribution is -0.387. The van der Waals surface area contributed by atoms with Crippen LogP contribution in [-0.2, 0) is 21.2 Å². The molecule has 0 saturated carbocycles. The first-order valence-electron chi connectivity index (χ1n) is 8.74. The molecule has 148 valence electrons. The fourth-order valence-electron chi connectivity index (χ4n) is 3.20. The van der Waals surface area contributed by atoms with E-state index >= 15 is 0 Å². The van der Waals surface area contributed by atoms with Crippen molar-refractivity contribution in [3.05, 3.63) is 63.7 Å². The molecule has 0 bridgehead atoms. The number of benzene rings is 2. The van der Waals surface area contributed by atoms with Gasteiger partial charge in [-0.3, -0.25) is 14.9 Å². The number of rotatable bonds is 6. The molecule has 1 heterocycles. The first kappa shape index (κ1) is 19.8. The van der Waals surface area contributed by atoms with Crippen LogP contribution >= 0.6 is 0 Å². The van der Waals surface area contributed by atoms with E-state index in [2.05, 4.69) is 5.32 Å². The van der Waals surface area contributed by atoms with E-state index in [1.807, 2.05) is 31.2 Å². The van der Waals surface area contributed by atoms with Crippen LogP contribution in [0.5, 0.6) is 0 Å². The van der Waals surface area contributed by atoms with Gasteiger partial charge in [0.25, 0.3) is 5.69 Å². The molecule has 1 amide bonds. The summed E-state index contributed by atoms with van der Waals surface area (Å²) in [5.41, 5.74) is 2.07. The van der Waals surface area contributed by atoms with Gasteiger partial charge < -0.3 is 10.2 Å². The number of hydrogen-bond acceptors (Lipinski definition) is 6. The van der Waals surface area contributed by atoms with Crippen LogP contribution in [0, 0.1) is 17.0 Å². The minimum Gasteiger partial charge on any atom is -0.374 e. The molecule has 1 fully saturated rings. The zero-order chi connectivity index (χ0) is 20.5. The first-order chi connectivity index (χ1) is 13.1. The van der Waals surface area contributed by atoms with Crippen molar-refractivity contribution in [3.63, 3.8) is 0 Å². The lowest BCUT2D eigenvalue weighted by atomic mass is 10.1. The second-order valence-corrected chi connectivity index (χ2v) is 8.93. The number of anilines is 1. The molecule has 1 aliphatic rings. The molecule has 0 aliphatic carbocycles. The third-order valence-electron chi connectivity index (χ3n) is 4.69. The van der Waals surface area contributed by atoms with Crippen LogP contribution in [0.1, 0.15) is 17.5 Å². The zero-order valence-electron chi connectivity index (χ0n) is 15.6. The van der Waals surface area contributed by atoms with Crippen molar-refractivity contribution in [2.24, 2.45) is 0 Å². The molecule has 9 heteroatoms. The Balaban J connectivity index is 1.75. The van der Waals surface area contributed by atoms with Gasteiger partial charge in [0.1, 0.15) is 10.9 Å². The number of sulfone groups is 1. The van der Waals surface area contributed by atoms with Crippen molar-refractivity contribution in [1.82, 2.24) is 4.90 Å². The average Bonchev–Trinajstić information content (AvgIpc) is 2.96. The normalized spacial score (nSPS) is 17.0. The highest BCUT2D eigenvalue weighted by molar-refractivity contribution is 7.90. The molecule has 1 unspecified atom stereocenters. The van der Waals surface area contributed by atoms with Crippen LogP contribution in [0.4, 0.5) is 11.4 Å². The predicted molar refractivity (Wildman–Crippen MR) is 105 cm³/mol. The molecule has 28 heavy (non-hydrogen) atoms. The largest absolute Gasteiger partial charge is 0.374 e. The van der Waals surface area contributed by atoms with Crippen molar-refractivity contribution < 1.29 is 18.1 Å². The van der Waals surface area contributed by atoms with Gasteiger partial charge in [-0.25, -0.2) is 8.42 Å². The smallest absolute Gasteiger partial charge is 0.288 e. The summed E-state index contributed by atoms with van der Waals surface area (Å²) in [6.07, 6.45) is 1.49. The van der Waals surface area contributed by atoms with Gasteiger partial charge in [-0.1, -0.05) is 29.8 Å². The monoisotopic (exact) mass is 403 g/mol. The number of amides is 1. The molecule has 1 N–H and O–H groups in total. The Morgan fingerprint density at radius 3 is 2.50 bits per heavy atom. The molecule has 0 radical (unpaired) electrons. The van der Waals surface area contributed by atoms with Gasteiger partial charge in [-0.05, 0) is 31.0 Å². The Bertz CT molecular complexity index is 1020. The number of nitro benzene ring substituents is 1. The molecule has 2 aromatic carbocycles. The second kappa shape index (κ2) is 7.59. The third kappa shape index (κ3) is 4.30. The highest BCUT2D eigenvalue weighted by atomic mass is 32.2. The highest BCUT2D eigenvalue weighted by Gasteiger charge is 2.32. The quantitative estimate of drug-likeness (QED) is 0.586. The molecule has 1 aliphatic heterocycles. The number of nitrogens with zero attached hydrogens (tertiary/aromatic N) is 2. The molecule has 0 spiro atoms. The maximum absolute atomic E-state index is 12.7. The zero-order valence-corrected chi connectivity index (χ0v) is 16.4. The summed E-state index contributed by atoms with van der Waals surface area (Å²) in [4.78, 5) is 24.4. The number of carbonyl (C=O) groups excluding carboxylic acids is 1. The summed E-state index contributed by atoms with van der Waals surface area (Å²) in [6.45, 7) is 3.09. The van der Waals surface area contributed by atoms with Crippen molar-refractivity contribution in [2.45, 2.75) is 30.8 Å². The highest BCUT2D eigenvalue weighted by Crippen LogP contribution is 2.28. The standard InChI is InChI=1S/C19H21N3O5S/c1-13-3-5-14(6-4-13)12-21-10-9-16(19(21)23)20-15-7-8-17(22(24)25)18(11-15)28(2,26)27/h3-8,11,16,20H,9-10,12H2,1-2H3. The van der Waals surface area contributed by atoms with Crippen molar-refractivity contribution in [1.29, 1.82) is 0 Å². The number of aryl methyl sites for hydroxylation is 1. The van der Waals surface area contributed by atoms with Gasteiger partial charge in [-0.15, -0.1) is 0 Å². The van der Waals surface area contributed by atoms with Crippen LogP contribution in [-0.4, -0.2) is 43.0 Å². The Hall–Kier alpha value is -2.94. The molecule has 1 saturated heterocycles. The molecule has 3 rings (SSSR count). The molecular weight excluding hydrogens is 382 g/mol. The van der Waals surface area contributed by atoms with Gasteiger partial charge in [0.2, 0.25) is 5.91 Å². The number of nitro groups is 1. The van der Waals surface area contributed by atoms with Gasteiger partial charge in [0.15, 0.2) is 9.84 Å². The minimum atomic E-state index is -3.78. The Morgan fingerprint density at radius 2 is 1.89 bits per heavy atom. The molecule has 2 aromatic rings. The van der Waals surface area contributed by atoms with E-state index < -0.39 is 26.5 Å². The van der Waals surface area contributed by atoms with Gasteiger partial charge in [0, 0.05) is 31.1 Å². The van der Waals surface area contributed by atoms with E-state index in [9.17, 15) is 23.3 Å². The lowest BCUT2D eigenvalue weighted by Gasteiger charge is -2.18. The average molecular weight is 403 g/mol. The number of likely N-dealkylation sites (tertiary alicyclic amines) is 1. The number of carbonyl (C=O) groups is 1. The maximum atomic E-state index is 12.7. The van der Waals surface area contributed by atoms with Crippen molar-refractivity contribution >= 4 is 27.1 Å². The fraction of sp³-hybridized carbons (Fsp3) is 0.316. The third-order valence-corrected chi connectivity index (χ3v) is 5.81. The summed E-state index contributed by atoms with van der Waals surface area (Å²) >= 11 is 0. The van der Waals surface area contributed by atoms with Crippen LogP contribution in [0.25, 0.3) is 0 Å². The Labute approximate surface area is 163 Å². The molecule has 1 atom stereocenters. The molecule has 0 aromatic heterocycles. The Morgan fingerprint density at radius 1 is 1.21 bits per heavy atom. The minimum absolute atomic E-state index is 0.0835. The lowest BCUT2D eigenvalue weighted by Crippen LogP contribution is -2.33. The van der Waals surface area contributed by atoms with Crippen LogP contribution < -0.4 is 5.32 Å². The van der Waals surface area contributed by atoms with Gasteiger partial charge in [0.05, 0.1) is 4.92 Å². The maximum Gasteiger partial charge on any atom is 0.288 e. The van der Waals surface area contributed by atoms with E-state index in [1.165, 1.54) is 12.1 Å². The summed E-state index contributed by atoms with van der Waals surface area (Å²) in [5.74, 6) is -0.0835.